The zero-order valence-corrected chi connectivity index (χ0v) is 21.8. The first kappa shape index (κ1) is 26.0. The van der Waals surface area contributed by atoms with Gasteiger partial charge in [-0.15, -0.1) is 24.0 Å². The molecule has 2 N–H and O–H groups in total. The monoisotopic (exact) mass is 549 g/mol. The number of guanidine groups is 1. The Morgan fingerprint density at radius 1 is 1.03 bits per heavy atom. The average molecular weight is 549 g/mol. The maximum atomic E-state index is 12.8. The van der Waals surface area contributed by atoms with E-state index in [0.29, 0.717) is 19.0 Å². The number of piperidine rings is 1. The van der Waals surface area contributed by atoms with Crippen molar-refractivity contribution in [2.45, 2.75) is 70.9 Å². The van der Waals surface area contributed by atoms with Gasteiger partial charge in [-0.05, 0) is 65.2 Å². The molecule has 1 aliphatic heterocycles. The molecule has 2 amide bonds. The molecular formula is C22H40IN5O3. The number of aliphatic imine (C=N–C) groups is 1. The number of nitrogens with zero attached hydrogens (tertiary/aromatic N) is 3. The molecule has 2 aliphatic carbocycles. The van der Waals surface area contributed by atoms with Gasteiger partial charge in [-0.1, -0.05) is 0 Å². The SMILES string of the molecule is CN=C(NCCNC(=O)C1CC1)N1CCC(N(CC2CC2)C(=O)OC(C)(C)C)CC1.I. The van der Waals surface area contributed by atoms with Gasteiger partial charge in [0.2, 0.25) is 5.91 Å². The van der Waals surface area contributed by atoms with Crippen molar-refractivity contribution in [3.63, 3.8) is 0 Å². The zero-order chi connectivity index (χ0) is 21.7. The van der Waals surface area contributed by atoms with E-state index in [-0.39, 0.29) is 47.9 Å². The van der Waals surface area contributed by atoms with Gasteiger partial charge in [0.25, 0.3) is 0 Å². The molecule has 3 rings (SSSR count). The highest BCUT2D eigenvalue weighted by molar-refractivity contribution is 14.0. The molecule has 3 aliphatic rings. The van der Waals surface area contributed by atoms with Crippen LogP contribution in [0.3, 0.4) is 0 Å². The van der Waals surface area contributed by atoms with Crippen LogP contribution in [0.15, 0.2) is 4.99 Å². The van der Waals surface area contributed by atoms with Crippen LogP contribution in [0.5, 0.6) is 0 Å². The van der Waals surface area contributed by atoms with Crippen molar-refractivity contribution in [3.8, 4) is 0 Å². The summed E-state index contributed by atoms with van der Waals surface area (Å²) in [6.07, 6.45) is 6.11. The third kappa shape index (κ3) is 8.65. The summed E-state index contributed by atoms with van der Waals surface area (Å²) in [7, 11) is 1.79. The van der Waals surface area contributed by atoms with E-state index >= 15 is 0 Å². The zero-order valence-electron chi connectivity index (χ0n) is 19.5. The number of halogens is 1. The minimum Gasteiger partial charge on any atom is -0.444 e. The predicted molar refractivity (Wildman–Crippen MR) is 133 cm³/mol. The number of amides is 2. The third-order valence-corrected chi connectivity index (χ3v) is 5.85. The summed E-state index contributed by atoms with van der Waals surface area (Å²) in [5, 5.41) is 6.32. The average Bonchev–Trinajstić information content (AvgIpc) is 3.59. The summed E-state index contributed by atoms with van der Waals surface area (Å²) < 4.78 is 5.69. The lowest BCUT2D eigenvalue weighted by atomic mass is 10.0. The highest BCUT2D eigenvalue weighted by atomic mass is 127. The van der Waals surface area contributed by atoms with E-state index in [0.717, 1.165) is 51.3 Å². The number of likely N-dealkylation sites (tertiary alicyclic amines) is 1. The minimum atomic E-state index is -0.472. The topological polar surface area (TPSA) is 86.3 Å². The Balaban J connectivity index is 0.00000341. The number of ether oxygens (including phenoxy) is 1. The second-order valence-electron chi connectivity index (χ2n) is 9.83. The van der Waals surface area contributed by atoms with Gasteiger partial charge < -0.3 is 25.2 Å². The Kier molecular flexibility index (Phi) is 9.69. The second kappa shape index (κ2) is 11.6. The number of carbonyl (C=O) groups is 2. The Morgan fingerprint density at radius 3 is 2.16 bits per heavy atom. The largest absolute Gasteiger partial charge is 0.444 e. The lowest BCUT2D eigenvalue weighted by Crippen LogP contribution is -2.53. The van der Waals surface area contributed by atoms with Crippen LogP contribution >= 0.6 is 24.0 Å². The van der Waals surface area contributed by atoms with Crippen molar-refractivity contribution in [3.05, 3.63) is 0 Å². The van der Waals surface area contributed by atoms with Crippen molar-refractivity contribution in [1.29, 1.82) is 0 Å². The maximum Gasteiger partial charge on any atom is 0.410 e. The molecule has 0 radical (unpaired) electrons. The van der Waals surface area contributed by atoms with Crippen LogP contribution in [-0.4, -0.2) is 79.2 Å². The van der Waals surface area contributed by atoms with Gasteiger partial charge in [-0.25, -0.2) is 4.79 Å². The molecule has 3 fully saturated rings. The quantitative estimate of drug-likeness (QED) is 0.221. The van der Waals surface area contributed by atoms with Crippen LogP contribution < -0.4 is 10.6 Å². The highest BCUT2D eigenvalue weighted by Crippen LogP contribution is 2.32. The molecule has 8 nitrogen and oxygen atoms in total. The van der Waals surface area contributed by atoms with Crippen LogP contribution in [-0.2, 0) is 9.53 Å². The first-order valence-electron chi connectivity index (χ1n) is 11.5. The molecule has 0 aromatic carbocycles. The molecule has 1 saturated heterocycles. The van der Waals surface area contributed by atoms with Gasteiger partial charge in [-0.2, -0.15) is 0 Å². The van der Waals surface area contributed by atoms with Gasteiger partial charge in [0.15, 0.2) is 5.96 Å². The van der Waals surface area contributed by atoms with E-state index in [4.69, 9.17) is 4.74 Å². The third-order valence-electron chi connectivity index (χ3n) is 5.85. The number of hydrogen-bond acceptors (Lipinski definition) is 4. The molecule has 0 unspecified atom stereocenters. The Labute approximate surface area is 203 Å². The van der Waals surface area contributed by atoms with Crippen molar-refractivity contribution < 1.29 is 14.3 Å². The lowest BCUT2D eigenvalue weighted by Gasteiger charge is -2.40. The highest BCUT2D eigenvalue weighted by Gasteiger charge is 2.35. The number of rotatable bonds is 7. The second-order valence-corrected chi connectivity index (χ2v) is 9.83. The van der Waals surface area contributed by atoms with E-state index in [2.05, 4.69) is 20.5 Å². The van der Waals surface area contributed by atoms with Gasteiger partial charge in [0.05, 0.1) is 0 Å². The smallest absolute Gasteiger partial charge is 0.410 e. The molecule has 178 valence electrons. The molecule has 9 heteroatoms. The van der Waals surface area contributed by atoms with Crippen LogP contribution in [0.2, 0.25) is 0 Å². The van der Waals surface area contributed by atoms with Crippen LogP contribution in [0.25, 0.3) is 0 Å². The maximum absolute atomic E-state index is 12.8. The molecule has 0 spiro atoms. The molecule has 0 atom stereocenters. The number of nitrogens with one attached hydrogen (secondary N) is 2. The van der Waals surface area contributed by atoms with Gasteiger partial charge in [0, 0.05) is 51.7 Å². The van der Waals surface area contributed by atoms with E-state index in [1.54, 1.807) is 7.05 Å². The van der Waals surface area contributed by atoms with E-state index in [1.807, 2.05) is 25.7 Å². The Morgan fingerprint density at radius 2 is 1.65 bits per heavy atom. The summed E-state index contributed by atoms with van der Waals surface area (Å²) >= 11 is 0. The van der Waals surface area contributed by atoms with E-state index < -0.39 is 5.60 Å². The van der Waals surface area contributed by atoms with Crippen LogP contribution in [0.4, 0.5) is 4.79 Å². The van der Waals surface area contributed by atoms with Crippen LogP contribution in [0, 0.1) is 11.8 Å². The Hall–Kier alpha value is -1.26. The first-order chi connectivity index (χ1) is 14.3. The molecule has 0 aromatic rings. The van der Waals surface area contributed by atoms with Gasteiger partial charge in [-0.3, -0.25) is 9.79 Å². The van der Waals surface area contributed by atoms with Crippen molar-refractivity contribution in [2.75, 3.05) is 39.8 Å². The summed E-state index contributed by atoms with van der Waals surface area (Å²) in [4.78, 5) is 33.1. The van der Waals surface area contributed by atoms with Crippen molar-refractivity contribution in [2.24, 2.45) is 16.8 Å². The van der Waals surface area contributed by atoms with Gasteiger partial charge in [0.1, 0.15) is 5.60 Å². The lowest BCUT2D eigenvalue weighted by molar-refractivity contribution is -0.122. The first-order valence-corrected chi connectivity index (χ1v) is 11.5. The molecular weight excluding hydrogens is 509 g/mol. The van der Waals surface area contributed by atoms with Crippen molar-refractivity contribution in [1.82, 2.24) is 20.4 Å². The fourth-order valence-electron chi connectivity index (χ4n) is 3.84. The minimum absolute atomic E-state index is 0. The predicted octanol–water partition coefficient (Wildman–Crippen LogP) is 2.82. The fourth-order valence-corrected chi connectivity index (χ4v) is 3.84. The standard InChI is InChI=1S/C22H39N5O3.HI/c1-22(2,3)30-21(29)27(15-16-5-6-16)18-9-13-26(14-10-18)20(23-4)25-12-11-24-19(28)17-7-8-17;/h16-18H,5-15H2,1-4H3,(H,23,25)(H,24,28);1H. The summed E-state index contributed by atoms with van der Waals surface area (Å²) in [5.74, 6) is 1.91. The number of carbonyl (C=O) groups excluding carboxylic acids is 2. The summed E-state index contributed by atoms with van der Waals surface area (Å²) in [6, 6.07) is 0.215. The van der Waals surface area contributed by atoms with Crippen LogP contribution in [0.1, 0.15) is 59.3 Å². The summed E-state index contributed by atoms with van der Waals surface area (Å²) in [5.41, 5.74) is -0.472. The molecule has 0 aromatic heterocycles. The fraction of sp³-hybridized carbons (Fsp3) is 0.864. The normalized spacial score (nSPS) is 20.0. The van der Waals surface area contributed by atoms with Gasteiger partial charge >= 0.3 is 6.09 Å². The molecule has 31 heavy (non-hydrogen) atoms. The molecule has 0 bridgehead atoms. The summed E-state index contributed by atoms with van der Waals surface area (Å²) in [6.45, 7) is 9.55. The Bertz CT molecular complexity index is 636. The molecule has 1 heterocycles. The molecule has 2 saturated carbocycles. The number of hydrogen-bond donors (Lipinski definition) is 2. The van der Waals surface area contributed by atoms with E-state index in [1.165, 1.54) is 12.8 Å². The van der Waals surface area contributed by atoms with E-state index in [9.17, 15) is 9.59 Å². The van der Waals surface area contributed by atoms with Crippen molar-refractivity contribution >= 4 is 41.9 Å².